The molecular formula is C25H35N3O6S. The first-order valence-corrected chi connectivity index (χ1v) is 13.3. The van der Waals surface area contributed by atoms with Crippen molar-refractivity contribution in [1.82, 2.24) is 10.2 Å². The number of benzene rings is 2. The average molecular weight is 506 g/mol. The maximum Gasteiger partial charge on any atom is 0.242 e. The maximum atomic E-state index is 13.2. The molecular weight excluding hydrogens is 470 g/mol. The van der Waals surface area contributed by atoms with Crippen LogP contribution in [-0.2, 0) is 26.2 Å². The molecule has 0 fully saturated rings. The van der Waals surface area contributed by atoms with E-state index in [0.717, 1.165) is 11.8 Å². The number of sulfonamides is 1. The number of methoxy groups -OCH3 is 1. The van der Waals surface area contributed by atoms with Gasteiger partial charge in [0.25, 0.3) is 0 Å². The van der Waals surface area contributed by atoms with Gasteiger partial charge in [-0.25, -0.2) is 8.42 Å². The molecule has 0 radical (unpaired) electrons. The summed E-state index contributed by atoms with van der Waals surface area (Å²) in [5.74, 6) is 0.569. The predicted octanol–water partition coefficient (Wildman–Crippen LogP) is 2.80. The molecule has 2 amide bonds. The third kappa shape index (κ3) is 7.88. The van der Waals surface area contributed by atoms with Gasteiger partial charge in [-0.05, 0) is 50.1 Å². The third-order valence-corrected chi connectivity index (χ3v) is 6.67. The number of likely N-dealkylation sites (N-methyl/N-ethyl adjacent to an activating group) is 1. The highest BCUT2D eigenvalue weighted by atomic mass is 32.2. The van der Waals surface area contributed by atoms with E-state index in [4.69, 9.17) is 9.47 Å². The second kappa shape index (κ2) is 13.0. The number of hydrogen-bond acceptors (Lipinski definition) is 6. The van der Waals surface area contributed by atoms with Crippen molar-refractivity contribution in [1.29, 1.82) is 0 Å². The normalized spacial score (nSPS) is 11.9. The molecule has 35 heavy (non-hydrogen) atoms. The lowest BCUT2D eigenvalue weighted by Gasteiger charge is -2.29. The topological polar surface area (TPSA) is 105 Å². The molecule has 0 saturated heterocycles. The molecule has 0 aromatic heterocycles. The van der Waals surface area contributed by atoms with E-state index in [0.29, 0.717) is 23.8 Å². The van der Waals surface area contributed by atoms with Crippen LogP contribution in [0.4, 0.5) is 5.69 Å². The minimum atomic E-state index is -3.62. The first-order chi connectivity index (χ1) is 16.6. The van der Waals surface area contributed by atoms with E-state index < -0.39 is 16.1 Å². The Morgan fingerprint density at radius 2 is 1.83 bits per heavy atom. The highest BCUT2D eigenvalue weighted by Crippen LogP contribution is 2.30. The van der Waals surface area contributed by atoms with Crippen molar-refractivity contribution in [3.63, 3.8) is 0 Å². The zero-order valence-corrected chi connectivity index (χ0v) is 21.8. The Balaban J connectivity index is 2.20. The van der Waals surface area contributed by atoms with Crippen molar-refractivity contribution < 1.29 is 27.5 Å². The monoisotopic (exact) mass is 505 g/mol. The smallest absolute Gasteiger partial charge is 0.242 e. The Morgan fingerprint density at radius 1 is 1.11 bits per heavy atom. The van der Waals surface area contributed by atoms with Crippen LogP contribution in [0.5, 0.6) is 11.5 Å². The summed E-state index contributed by atoms with van der Waals surface area (Å²) in [4.78, 5) is 27.1. The van der Waals surface area contributed by atoms with Gasteiger partial charge in [0.1, 0.15) is 17.5 Å². The predicted molar refractivity (Wildman–Crippen MR) is 136 cm³/mol. The lowest BCUT2D eigenvalue weighted by atomic mass is 10.1. The van der Waals surface area contributed by atoms with Gasteiger partial charge < -0.3 is 19.7 Å². The van der Waals surface area contributed by atoms with Crippen LogP contribution < -0.4 is 19.1 Å². The molecule has 9 nitrogen and oxygen atoms in total. The summed E-state index contributed by atoms with van der Waals surface area (Å²) in [6, 6.07) is 13.5. The Kier molecular flexibility index (Phi) is 10.4. The summed E-state index contributed by atoms with van der Waals surface area (Å²) in [6.45, 7) is 4.19. The average Bonchev–Trinajstić information content (AvgIpc) is 2.84. The molecule has 2 rings (SSSR count). The molecule has 0 aliphatic rings. The summed E-state index contributed by atoms with van der Waals surface area (Å²) in [6.07, 6.45) is 1.45. The van der Waals surface area contributed by atoms with Gasteiger partial charge in [0.2, 0.25) is 21.8 Å². The van der Waals surface area contributed by atoms with Gasteiger partial charge in [0.05, 0.1) is 25.7 Å². The first-order valence-electron chi connectivity index (χ1n) is 11.5. The van der Waals surface area contributed by atoms with Gasteiger partial charge in [-0.1, -0.05) is 24.3 Å². The van der Waals surface area contributed by atoms with Crippen molar-refractivity contribution in [3.05, 3.63) is 54.1 Å². The van der Waals surface area contributed by atoms with Gasteiger partial charge in [0, 0.05) is 26.6 Å². The second-order valence-electron chi connectivity index (χ2n) is 8.00. The summed E-state index contributed by atoms with van der Waals surface area (Å²) in [7, 11) is -0.534. The molecule has 0 spiro atoms. The summed E-state index contributed by atoms with van der Waals surface area (Å²) in [5.41, 5.74) is 1.24. The highest BCUT2D eigenvalue weighted by Gasteiger charge is 2.26. The Morgan fingerprint density at radius 3 is 2.46 bits per heavy atom. The van der Waals surface area contributed by atoms with Crippen LogP contribution in [-0.4, -0.2) is 64.7 Å². The fourth-order valence-electron chi connectivity index (χ4n) is 3.68. The van der Waals surface area contributed by atoms with Crippen molar-refractivity contribution >= 4 is 27.5 Å². The van der Waals surface area contributed by atoms with E-state index in [2.05, 4.69) is 5.32 Å². The Bertz CT molecular complexity index is 1110. The van der Waals surface area contributed by atoms with Crippen molar-refractivity contribution in [2.75, 3.05) is 37.9 Å². The lowest BCUT2D eigenvalue weighted by Crippen LogP contribution is -2.46. The molecule has 0 bridgehead atoms. The molecule has 0 aliphatic carbocycles. The number of ether oxygens (including phenoxy) is 2. The SMILES string of the molecule is CCOc1ccccc1N(CCCC(=O)N(Cc1cccc(OC)c1)C(C)C(=O)NC)S(C)(=O)=O. The quantitative estimate of drug-likeness (QED) is 0.449. The maximum absolute atomic E-state index is 13.2. The van der Waals surface area contributed by atoms with E-state index >= 15 is 0 Å². The minimum absolute atomic E-state index is 0.0636. The molecule has 0 aliphatic heterocycles. The van der Waals surface area contributed by atoms with Crippen LogP contribution in [0, 0.1) is 0 Å². The Hall–Kier alpha value is -3.27. The van der Waals surface area contributed by atoms with Crippen molar-refractivity contribution in [2.24, 2.45) is 0 Å². The van der Waals surface area contributed by atoms with Crippen molar-refractivity contribution in [3.8, 4) is 11.5 Å². The molecule has 10 heteroatoms. The number of amides is 2. The van der Waals surface area contributed by atoms with Gasteiger partial charge >= 0.3 is 0 Å². The molecule has 1 unspecified atom stereocenters. The number of carbonyl (C=O) groups excluding carboxylic acids is 2. The third-order valence-electron chi connectivity index (χ3n) is 5.49. The van der Waals surface area contributed by atoms with Crippen LogP contribution in [0.25, 0.3) is 0 Å². The molecule has 2 aromatic carbocycles. The second-order valence-corrected chi connectivity index (χ2v) is 9.91. The zero-order chi connectivity index (χ0) is 26.0. The number of nitrogens with zero attached hydrogens (tertiary/aromatic N) is 2. The van der Waals surface area contributed by atoms with Crippen LogP contribution >= 0.6 is 0 Å². The molecule has 1 N–H and O–H groups in total. The van der Waals surface area contributed by atoms with Gasteiger partial charge in [-0.2, -0.15) is 0 Å². The number of carbonyl (C=O) groups is 2. The Labute approximate surface area is 208 Å². The molecule has 2 aromatic rings. The first kappa shape index (κ1) is 28.0. The number of para-hydroxylation sites is 2. The van der Waals surface area contributed by atoms with E-state index in [1.54, 1.807) is 44.4 Å². The van der Waals surface area contributed by atoms with E-state index in [1.165, 1.54) is 16.3 Å². The van der Waals surface area contributed by atoms with Crippen LogP contribution in [0.1, 0.15) is 32.3 Å². The summed E-state index contributed by atoms with van der Waals surface area (Å²) < 4.78 is 37.2. The molecule has 192 valence electrons. The van der Waals surface area contributed by atoms with Gasteiger partial charge in [-0.3, -0.25) is 13.9 Å². The van der Waals surface area contributed by atoms with E-state index in [1.807, 2.05) is 25.1 Å². The molecule has 1 atom stereocenters. The standard InChI is InChI=1S/C25H35N3O6S/c1-6-34-23-14-8-7-13-22(23)28(35(5,31)32)16-10-15-24(29)27(19(2)25(30)26-3)18-20-11-9-12-21(17-20)33-4/h7-9,11-14,17,19H,6,10,15-16,18H2,1-5H3,(H,26,30). The summed E-state index contributed by atoms with van der Waals surface area (Å²) in [5, 5.41) is 2.58. The van der Waals surface area contributed by atoms with Crippen LogP contribution in [0.2, 0.25) is 0 Å². The van der Waals surface area contributed by atoms with Gasteiger partial charge in [0.15, 0.2) is 0 Å². The minimum Gasteiger partial charge on any atom is -0.497 e. The van der Waals surface area contributed by atoms with Crippen LogP contribution in [0.15, 0.2) is 48.5 Å². The fraction of sp³-hybridized carbons (Fsp3) is 0.440. The number of rotatable bonds is 13. The van der Waals surface area contributed by atoms with Gasteiger partial charge in [-0.15, -0.1) is 0 Å². The zero-order valence-electron chi connectivity index (χ0n) is 21.0. The van der Waals surface area contributed by atoms with Crippen LogP contribution in [0.3, 0.4) is 0 Å². The summed E-state index contributed by atoms with van der Waals surface area (Å²) >= 11 is 0. The number of anilines is 1. The van der Waals surface area contributed by atoms with E-state index in [9.17, 15) is 18.0 Å². The molecule has 0 heterocycles. The molecule has 0 saturated carbocycles. The fourth-order valence-corrected chi connectivity index (χ4v) is 4.65. The van der Waals surface area contributed by atoms with Crippen molar-refractivity contribution in [2.45, 2.75) is 39.3 Å². The number of hydrogen-bond donors (Lipinski definition) is 1. The largest absolute Gasteiger partial charge is 0.497 e. The highest BCUT2D eigenvalue weighted by molar-refractivity contribution is 7.92. The number of nitrogens with one attached hydrogen (secondary N) is 1. The lowest BCUT2D eigenvalue weighted by molar-refractivity contribution is -0.140. The van der Waals surface area contributed by atoms with E-state index in [-0.39, 0.29) is 37.7 Å².